The molecule has 4 heteroatoms. The molecule has 1 aromatic carbocycles. The molecule has 0 bridgehead atoms. The fourth-order valence-corrected chi connectivity index (χ4v) is 1.74. The number of alkyl halides is 1. The number of nitrogen functional groups attached to an aromatic ring is 1. The summed E-state index contributed by atoms with van der Waals surface area (Å²) in [6, 6.07) is 5.16. The van der Waals surface area contributed by atoms with E-state index in [1.165, 1.54) is 0 Å². The van der Waals surface area contributed by atoms with Gasteiger partial charge in [-0.15, -0.1) is 0 Å². The lowest BCUT2D eigenvalue weighted by Gasteiger charge is -1.99. The Balaban J connectivity index is 2.60. The van der Waals surface area contributed by atoms with Crippen LogP contribution in [0.2, 0.25) is 0 Å². The summed E-state index contributed by atoms with van der Waals surface area (Å²) in [4.78, 5) is 11.1. The Labute approximate surface area is 77.6 Å². The maximum Gasteiger partial charge on any atom is 0.340 e. The van der Waals surface area contributed by atoms with Gasteiger partial charge in [-0.3, -0.25) is 0 Å². The molecule has 0 amide bonds. The summed E-state index contributed by atoms with van der Waals surface area (Å²) in [7, 11) is 0. The number of fused-ring (bicyclic) bond motifs is 1. The van der Waals surface area contributed by atoms with Crippen LogP contribution in [0.15, 0.2) is 18.2 Å². The van der Waals surface area contributed by atoms with Gasteiger partial charge in [-0.25, -0.2) is 4.79 Å². The molecule has 0 saturated heterocycles. The molecular weight excluding hydrogens is 222 g/mol. The van der Waals surface area contributed by atoms with Crippen LogP contribution in [0.1, 0.15) is 20.9 Å². The highest BCUT2D eigenvalue weighted by Gasteiger charge is 2.28. The van der Waals surface area contributed by atoms with Crippen molar-refractivity contribution in [1.82, 2.24) is 0 Å². The lowest BCUT2D eigenvalue weighted by molar-refractivity contribution is 0.0530. The normalized spacial score (nSPS) is 20.4. The summed E-state index contributed by atoms with van der Waals surface area (Å²) in [5.74, 6) is -0.320. The molecule has 12 heavy (non-hydrogen) atoms. The number of hydrogen-bond donors (Lipinski definition) is 1. The number of rotatable bonds is 0. The van der Waals surface area contributed by atoms with Crippen molar-refractivity contribution in [2.45, 2.75) is 5.01 Å². The molecule has 1 aromatic rings. The SMILES string of the molecule is Nc1ccc2c(c1)C(=O)OC2Br. The Morgan fingerprint density at radius 3 is 3.00 bits per heavy atom. The molecule has 1 aliphatic rings. The van der Waals surface area contributed by atoms with Gasteiger partial charge in [-0.1, -0.05) is 6.07 Å². The van der Waals surface area contributed by atoms with E-state index in [1.54, 1.807) is 18.2 Å². The first kappa shape index (κ1) is 7.61. The number of nitrogens with two attached hydrogens (primary N) is 1. The van der Waals surface area contributed by atoms with Crippen LogP contribution in [0, 0.1) is 0 Å². The molecule has 3 nitrogen and oxygen atoms in total. The van der Waals surface area contributed by atoms with E-state index in [1.807, 2.05) is 0 Å². The number of anilines is 1. The molecule has 1 unspecified atom stereocenters. The molecule has 0 saturated carbocycles. The largest absolute Gasteiger partial charge is 0.442 e. The number of halogens is 1. The fourth-order valence-electron chi connectivity index (χ4n) is 1.17. The van der Waals surface area contributed by atoms with Gasteiger partial charge in [0.05, 0.1) is 5.56 Å². The zero-order valence-electron chi connectivity index (χ0n) is 6.08. The predicted octanol–water partition coefficient (Wildman–Crippen LogP) is 1.83. The molecule has 2 rings (SSSR count). The number of cyclic esters (lactones) is 1. The number of benzene rings is 1. The average molecular weight is 228 g/mol. The Morgan fingerprint density at radius 1 is 1.50 bits per heavy atom. The number of carbonyl (C=O) groups is 1. The monoisotopic (exact) mass is 227 g/mol. The minimum atomic E-state index is -0.320. The van der Waals surface area contributed by atoms with Crippen LogP contribution < -0.4 is 5.73 Å². The van der Waals surface area contributed by atoms with Gasteiger partial charge >= 0.3 is 5.97 Å². The lowest BCUT2D eigenvalue weighted by atomic mass is 10.1. The van der Waals surface area contributed by atoms with E-state index in [4.69, 9.17) is 10.5 Å². The molecule has 1 atom stereocenters. The van der Waals surface area contributed by atoms with Crippen molar-refractivity contribution in [1.29, 1.82) is 0 Å². The minimum absolute atomic E-state index is 0.319. The Morgan fingerprint density at radius 2 is 2.25 bits per heavy atom. The standard InChI is InChI=1S/C8H6BrNO2/c9-7-5-2-1-4(10)3-6(5)8(11)12-7/h1-3,7H,10H2. The number of esters is 1. The second-order valence-corrected chi connectivity index (χ2v) is 3.40. The van der Waals surface area contributed by atoms with Crippen LogP contribution in [0.3, 0.4) is 0 Å². The third kappa shape index (κ3) is 0.992. The third-order valence-electron chi connectivity index (χ3n) is 1.75. The van der Waals surface area contributed by atoms with Crippen molar-refractivity contribution < 1.29 is 9.53 Å². The highest BCUT2D eigenvalue weighted by molar-refractivity contribution is 9.09. The minimum Gasteiger partial charge on any atom is -0.442 e. The second-order valence-electron chi connectivity index (χ2n) is 2.57. The smallest absolute Gasteiger partial charge is 0.340 e. The topological polar surface area (TPSA) is 52.3 Å². The van der Waals surface area contributed by atoms with Crippen LogP contribution in [-0.2, 0) is 4.74 Å². The lowest BCUT2D eigenvalue weighted by Crippen LogP contribution is -1.95. The molecule has 1 aliphatic heterocycles. The summed E-state index contributed by atoms with van der Waals surface area (Å²) in [6.07, 6.45) is 0. The number of carbonyl (C=O) groups excluding carboxylic acids is 1. The fraction of sp³-hybridized carbons (Fsp3) is 0.125. The summed E-state index contributed by atoms with van der Waals surface area (Å²) >= 11 is 3.22. The van der Waals surface area contributed by atoms with Crippen LogP contribution in [0.4, 0.5) is 5.69 Å². The van der Waals surface area contributed by atoms with Gasteiger partial charge in [0.15, 0.2) is 5.01 Å². The van der Waals surface area contributed by atoms with Gasteiger partial charge in [0.2, 0.25) is 0 Å². The summed E-state index contributed by atoms with van der Waals surface area (Å²) < 4.78 is 4.91. The maximum atomic E-state index is 11.1. The van der Waals surface area contributed by atoms with Crippen molar-refractivity contribution >= 4 is 27.6 Å². The molecule has 0 fully saturated rings. The van der Waals surface area contributed by atoms with Crippen LogP contribution in [-0.4, -0.2) is 5.97 Å². The summed E-state index contributed by atoms with van der Waals surface area (Å²) in [5, 5.41) is -0.319. The first-order valence-electron chi connectivity index (χ1n) is 3.43. The molecular formula is C8H6BrNO2. The average Bonchev–Trinajstić information content (AvgIpc) is 2.28. The van der Waals surface area contributed by atoms with E-state index >= 15 is 0 Å². The van der Waals surface area contributed by atoms with Crippen LogP contribution in [0.25, 0.3) is 0 Å². The molecule has 0 radical (unpaired) electrons. The summed E-state index contributed by atoms with van der Waals surface area (Å²) in [5.41, 5.74) is 7.49. The van der Waals surface area contributed by atoms with E-state index in [-0.39, 0.29) is 11.0 Å². The predicted molar refractivity (Wildman–Crippen MR) is 47.9 cm³/mol. The highest BCUT2D eigenvalue weighted by atomic mass is 79.9. The van der Waals surface area contributed by atoms with E-state index in [2.05, 4.69) is 15.9 Å². The van der Waals surface area contributed by atoms with Crippen LogP contribution >= 0.6 is 15.9 Å². The maximum absolute atomic E-state index is 11.1. The number of ether oxygens (including phenoxy) is 1. The van der Waals surface area contributed by atoms with E-state index in [0.717, 1.165) is 5.56 Å². The van der Waals surface area contributed by atoms with Crippen LogP contribution in [0.5, 0.6) is 0 Å². The molecule has 0 aliphatic carbocycles. The first-order valence-corrected chi connectivity index (χ1v) is 4.34. The van der Waals surface area contributed by atoms with Gasteiger partial charge in [-0.05, 0) is 28.1 Å². The van der Waals surface area contributed by atoms with E-state index in [9.17, 15) is 4.79 Å². The second kappa shape index (κ2) is 2.48. The summed E-state index contributed by atoms with van der Waals surface area (Å²) in [6.45, 7) is 0. The Hall–Kier alpha value is -1.03. The molecule has 0 aromatic heterocycles. The number of hydrogen-bond acceptors (Lipinski definition) is 3. The van der Waals surface area contributed by atoms with E-state index < -0.39 is 0 Å². The van der Waals surface area contributed by atoms with Crippen molar-refractivity contribution in [3.63, 3.8) is 0 Å². The quantitative estimate of drug-likeness (QED) is 0.418. The van der Waals surface area contributed by atoms with Crippen molar-refractivity contribution in [3.05, 3.63) is 29.3 Å². The van der Waals surface area contributed by atoms with Gasteiger partial charge in [0, 0.05) is 11.3 Å². The first-order chi connectivity index (χ1) is 5.68. The third-order valence-corrected chi connectivity index (χ3v) is 2.43. The Bertz CT molecular complexity index is 351. The van der Waals surface area contributed by atoms with Crippen molar-refractivity contribution in [2.24, 2.45) is 0 Å². The van der Waals surface area contributed by atoms with Crippen molar-refractivity contribution in [3.8, 4) is 0 Å². The molecule has 0 spiro atoms. The van der Waals surface area contributed by atoms with Gasteiger partial charge < -0.3 is 10.5 Å². The zero-order valence-corrected chi connectivity index (χ0v) is 7.67. The molecule has 62 valence electrons. The van der Waals surface area contributed by atoms with Crippen molar-refractivity contribution in [2.75, 3.05) is 5.73 Å². The van der Waals surface area contributed by atoms with Gasteiger partial charge in [0.25, 0.3) is 0 Å². The Kier molecular flexibility index (Phi) is 1.58. The highest BCUT2D eigenvalue weighted by Crippen LogP contribution is 2.35. The molecule has 2 N–H and O–H groups in total. The van der Waals surface area contributed by atoms with Gasteiger partial charge in [-0.2, -0.15) is 0 Å². The van der Waals surface area contributed by atoms with Gasteiger partial charge in [0.1, 0.15) is 0 Å². The van der Waals surface area contributed by atoms with E-state index in [0.29, 0.717) is 11.3 Å². The zero-order chi connectivity index (χ0) is 8.72. The molecule has 1 heterocycles.